The zero-order valence-corrected chi connectivity index (χ0v) is 18.8. The van der Waals surface area contributed by atoms with Gasteiger partial charge in [0.15, 0.2) is 17.3 Å². The molecule has 0 saturated heterocycles. The summed E-state index contributed by atoms with van der Waals surface area (Å²) in [4.78, 5) is 18.2. The SMILES string of the molecule is COc1cc(Br)c(/C=C(/C(=O)c2ccccc2)c2nc3ccccc3s2)cc1OC. The van der Waals surface area contributed by atoms with Gasteiger partial charge in [-0.1, -0.05) is 58.4 Å². The van der Waals surface area contributed by atoms with Crippen LogP contribution in [-0.4, -0.2) is 25.0 Å². The van der Waals surface area contributed by atoms with Gasteiger partial charge in [0.05, 0.1) is 30.0 Å². The number of hydrogen-bond acceptors (Lipinski definition) is 5. The maximum Gasteiger partial charge on any atom is 0.196 e. The highest BCUT2D eigenvalue weighted by molar-refractivity contribution is 9.10. The van der Waals surface area contributed by atoms with Gasteiger partial charge in [-0.2, -0.15) is 0 Å². The van der Waals surface area contributed by atoms with Gasteiger partial charge in [0.1, 0.15) is 5.01 Å². The second-order valence-corrected chi connectivity index (χ2v) is 8.35. The normalized spacial score (nSPS) is 11.5. The van der Waals surface area contributed by atoms with Gasteiger partial charge in [0.25, 0.3) is 0 Å². The molecule has 0 amide bonds. The van der Waals surface area contributed by atoms with Crippen molar-refractivity contribution >= 4 is 54.9 Å². The number of thiazole rings is 1. The fourth-order valence-electron chi connectivity index (χ4n) is 3.09. The zero-order chi connectivity index (χ0) is 21.1. The van der Waals surface area contributed by atoms with Gasteiger partial charge in [0.2, 0.25) is 0 Å². The second kappa shape index (κ2) is 8.81. The Morgan fingerprint density at radius 2 is 1.63 bits per heavy atom. The Hall–Kier alpha value is -2.96. The van der Waals surface area contributed by atoms with Gasteiger partial charge in [0, 0.05) is 10.0 Å². The monoisotopic (exact) mass is 479 g/mol. The predicted molar refractivity (Wildman–Crippen MR) is 126 cm³/mol. The summed E-state index contributed by atoms with van der Waals surface area (Å²) in [6.07, 6.45) is 1.85. The minimum absolute atomic E-state index is 0.0867. The average Bonchev–Trinajstić information content (AvgIpc) is 3.22. The molecule has 4 rings (SSSR count). The molecule has 6 heteroatoms. The van der Waals surface area contributed by atoms with Crippen LogP contribution in [0.25, 0.3) is 21.9 Å². The van der Waals surface area contributed by atoms with Gasteiger partial charge in [-0.15, -0.1) is 11.3 Å². The molecule has 1 heterocycles. The Morgan fingerprint density at radius 3 is 2.33 bits per heavy atom. The largest absolute Gasteiger partial charge is 0.493 e. The maximum atomic E-state index is 13.4. The number of aromatic nitrogens is 1. The first-order chi connectivity index (χ1) is 14.6. The predicted octanol–water partition coefficient (Wildman–Crippen LogP) is 6.50. The van der Waals surface area contributed by atoms with Crippen LogP contribution in [0.15, 0.2) is 71.2 Å². The molecule has 1 aromatic heterocycles. The number of para-hydroxylation sites is 1. The van der Waals surface area contributed by atoms with Crippen LogP contribution in [0.1, 0.15) is 20.9 Å². The van der Waals surface area contributed by atoms with Gasteiger partial charge in [-0.25, -0.2) is 4.98 Å². The van der Waals surface area contributed by atoms with Gasteiger partial charge >= 0.3 is 0 Å². The molecule has 0 radical (unpaired) electrons. The van der Waals surface area contributed by atoms with Crippen LogP contribution >= 0.6 is 27.3 Å². The number of hydrogen-bond donors (Lipinski definition) is 0. The van der Waals surface area contributed by atoms with Crippen molar-refractivity contribution in [3.63, 3.8) is 0 Å². The molecule has 4 nitrogen and oxygen atoms in total. The van der Waals surface area contributed by atoms with E-state index in [1.807, 2.05) is 72.8 Å². The first kappa shape index (κ1) is 20.3. The van der Waals surface area contributed by atoms with Crippen LogP contribution in [0.2, 0.25) is 0 Å². The highest BCUT2D eigenvalue weighted by Crippen LogP contribution is 2.37. The lowest BCUT2D eigenvalue weighted by Crippen LogP contribution is -2.03. The van der Waals surface area contributed by atoms with E-state index in [4.69, 9.17) is 14.5 Å². The number of ketones is 1. The molecule has 0 aliphatic rings. The minimum Gasteiger partial charge on any atom is -0.493 e. The highest BCUT2D eigenvalue weighted by atomic mass is 79.9. The molecule has 0 spiro atoms. The Labute approximate surface area is 186 Å². The first-order valence-corrected chi connectivity index (χ1v) is 10.8. The van der Waals surface area contributed by atoms with E-state index in [2.05, 4.69) is 15.9 Å². The molecule has 0 fully saturated rings. The fourth-order valence-corrected chi connectivity index (χ4v) is 4.51. The van der Waals surface area contributed by atoms with E-state index in [9.17, 15) is 4.79 Å². The first-order valence-electron chi connectivity index (χ1n) is 9.19. The Bertz CT molecular complexity index is 1220. The van der Waals surface area contributed by atoms with Crippen LogP contribution in [-0.2, 0) is 0 Å². The summed E-state index contributed by atoms with van der Waals surface area (Å²) in [5.74, 6) is 1.11. The lowest BCUT2D eigenvalue weighted by molar-refractivity contribution is 0.105. The van der Waals surface area contributed by atoms with Crippen LogP contribution in [0.3, 0.4) is 0 Å². The van der Waals surface area contributed by atoms with Gasteiger partial charge in [-0.05, 0) is 35.9 Å². The van der Waals surface area contributed by atoms with E-state index >= 15 is 0 Å². The molecule has 0 bridgehead atoms. The molecule has 0 unspecified atom stereocenters. The van der Waals surface area contributed by atoms with Gasteiger partial charge < -0.3 is 9.47 Å². The third-order valence-electron chi connectivity index (χ3n) is 4.61. The molecule has 150 valence electrons. The maximum absolute atomic E-state index is 13.4. The summed E-state index contributed by atoms with van der Waals surface area (Å²) in [6.45, 7) is 0. The molecule has 3 aromatic carbocycles. The number of Topliss-reactive ketones (excluding diaryl/α,β-unsaturated/α-hetero) is 1. The number of halogens is 1. The smallest absolute Gasteiger partial charge is 0.196 e. The summed E-state index contributed by atoms with van der Waals surface area (Å²) in [5, 5.41) is 0.673. The lowest BCUT2D eigenvalue weighted by Gasteiger charge is -2.11. The molecular formula is C24H18BrNO3S. The van der Waals surface area contributed by atoms with Gasteiger partial charge in [-0.3, -0.25) is 4.79 Å². The number of methoxy groups -OCH3 is 2. The van der Waals surface area contributed by atoms with Crippen molar-refractivity contribution in [1.82, 2.24) is 4.98 Å². The molecule has 0 saturated carbocycles. The number of nitrogens with zero attached hydrogens (tertiary/aromatic N) is 1. The third kappa shape index (κ3) is 4.01. The van der Waals surface area contributed by atoms with E-state index in [1.54, 1.807) is 14.2 Å². The van der Waals surface area contributed by atoms with E-state index in [0.29, 0.717) is 27.6 Å². The number of carbonyl (C=O) groups is 1. The lowest BCUT2D eigenvalue weighted by atomic mass is 10.0. The van der Waals surface area contributed by atoms with E-state index in [1.165, 1.54) is 11.3 Å². The number of benzene rings is 3. The summed E-state index contributed by atoms with van der Waals surface area (Å²) < 4.78 is 12.6. The van der Waals surface area contributed by atoms with Crippen molar-refractivity contribution in [2.24, 2.45) is 0 Å². The van der Waals surface area contributed by atoms with Crippen LogP contribution in [0.4, 0.5) is 0 Å². The number of ether oxygens (including phenoxy) is 2. The van der Waals surface area contributed by atoms with Crippen molar-refractivity contribution in [2.45, 2.75) is 0 Å². The molecular weight excluding hydrogens is 462 g/mol. The van der Waals surface area contributed by atoms with E-state index < -0.39 is 0 Å². The van der Waals surface area contributed by atoms with E-state index in [0.717, 1.165) is 20.3 Å². The standard InChI is InChI=1S/C24H18BrNO3S/c1-28-20-13-16(18(25)14-21(20)29-2)12-17(23(27)15-8-4-3-5-9-15)24-26-19-10-6-7-11-22(19)30-24/h3-14H,1-2H3/b17-12-. The van der Waals surface area contributed by atoms with Crippen molar-refractivity contribution in [3.8, 4) is 11.5 Å². The second-order valence-electron chi connectivity index (χ2n) is 6.47. The number of fused-ring (bicyclic) bond motifs is 1. The Kier molecular flexibility index (Phi) is 5.97. The molecule has 4 aromatic rings. The van der Waals surface area contributed by atoms with E-state index in [-0.39, 0.29) is 5.78 Å². The summed E-state index contributed by atoms with van der Waals surface area (Å²) in [5.41, 5.74) is 2.80. The number of allylic oxidation sites excluding steroid dienone is 1. The Morgan fingerprint density at radius 1 is 0.967 bits per heavy atom. The zero-order valence-electron chi connectivity index (χ0n) is 16.4. The molecule has 0 atom stereocenters. The quantitative estimate of drug-likeness (QED) is 0.234. The number of carbonyl (C=O) groups excluding carboxylic acids is 1. The van der Waals surface area contributed by atoms with Crippen molar-refractivity contribution in [1.29, 1.82) is 0 Å². The molecule has 30 heavy (non-hydrogen) atoms. The summed E-state index contributed by atoms with van der Waals surface area (Å²) in [7, 11) is 3.17. The van der Waals surface area contributed by atoms with Crippen molar-refractivity contribution < 1.29 is 14.3 Å². The fraction of sp³-hybridized carbons (Fsp3) is 0.0833. The summed E-state index contributed by atoms with van der Waals surface area (Å²) >= 11 is 5.08. The van der Waals surface area contributed by atoms with Crippen LogP contribution < -0.4 is 9.47 Å². The minimum atomic E-state index is -0.0867. The Balaban J connectivity index is 1.90. The average molecular weight is 480 g/mol. The third-order valence-corrected chi connectivity index (χ3v) is 6.36. The van der Waals surface area contributed by atoms with Crippen molar-refractivity contribution in [2.75, 3.05) is 14.2 Å². The van der Waals surface area contributed by atoms with Crippen LogP contribution in [0.5, 0.6) is 11.5 Å². The number of rotatable bonds is 6. The topological polar surface area (TPSA) is 48.4 Å². The molecule has 0 N–H and O–H groups in total. The summed E-state index contributed by atoms with van der Waals surface area (Å²) in [6, 6.07) is 20.8. The van der Waals surface area contributed by atoms with Crippen LogP contribution in [0, 0.1) is 0 Å². The van der Waals surface area contributed by atoms with Crippen molar-refractivity contribution in [3.05, 3.63) is 87.3 Å². The highest BCUT2D eigenvalue weighted by Gasteiger charge is 2.19. The molecule has 0 aliphatic heterocycles. The molecule has 0 aliphatic carbocycles.